The Morgan fingerprint density at radius 2 is 1.80 bits per heavy atom. The molecule has 0 saturated carbocycles. The van der Waals surface area contributed by atoms with Crippen molar-refractivity contribution in [2.45, 2.75) is 32.1 Å². The number of hydrogen-bond donors (Lipinski definition) is 1. The largest absolute Gasteiger partial charge is 0.494 e. The molecule has 6 nitrogen and oxygen atoms in total. The van der Waals surface area contributed by atoms with Crippen molar-refractivity contribution in [1.29, 1.82) is 0 Å². The maximum absolute atomic E-state index is 6.13. The number of rotatable bonds is 1. The Balaban J connectivity index is 1.54. The lowest BCUT2D eigenvalue weighted by Crippen LogP contribution is -2.21. The standard InChI is InChI=1S/C29H35N5O/c1-33-15-7-2-10-18-35-26-14-6-4-12-24(20-26)27-21-28(34-16-8-9-17-34)32-29(31-27)30-25-13-5-3-11-23(19-25)22-33/h2-4,7,11-14,19-21H,5-6,8-10,15-18,22H2,1H3,(H,30,31,32)/b7-2+. The third-order valence-electron chi connectivity index (χ3n) is 6.48. The van der Waals surface area contributed by atoms with Gasteiger partial charge in [0.15, 0.2) is 0 Å². The number of anilines is 2. The van der Waals surface area contributed by atoms with Crippen molar-refractivity contribution in [3.05, 3.63) is 89.5 Å². The highest BCUT2D eigenvalue weighted by atomic mass is 16.5. The summed E-state index contributed by atoms with van der Waals surface area (Å²) in [5, 5.41) is 3.53. The molecule has 3 heterocycles. The highest BCUT2D eigenvalue weighted by Gasteiger charge is 2.18. The first-order chi connectivity index (χ1) is 17.2. The van der Waals surface area contributed by atoms with Gasteiger partial charge in [-0.15, -0.1) is 0 Å². The Morgan fingerprint density at radius 3 is 2.71 bits per heavy atom. The summed E-state index contributed by atoms with van der Waals surface area (Å²) in [6.45, 7) is 4.51. The first-order valence-electron chi connectivity index (χ1n) is 12.8. The summed E-state index contributed by atoms with van der Waals surface area (Å²) in [6.07, 6.45) is 26.9. The van der Waals surface area contributed by atoms with Crippen LogP contribution in [0.15, 0.2) is 83.9 Å². The van der Waals surface area contributed by atoms with Crippen LogP contribution in [0.2, 0.25) is 0 Å². The van der Waals surface area contributed by atoms with Crippen LogP contribution < -0.4 is 10.2 Å². The number of hydrogen-bond acceptors (Lipinski definition) is 6. The summed E-state index contributed by atoms with van der Waals surface area (Å²) >= 11 is 0. The Kier molecular flexibility index (Phi) is 7.59. The van der Waals surface area contributed by atoms with E-state index in [2.05, 4.69) is 89.0 Å². The smallest absolute Gasteiger partial charge is 0.229 e. The van der Waals surface area contributed by atoms with Crippen molar-refractivity contribution in [2.24, 2.45) is 0 Å². The molecule has 6 heteroatoms. The van der Waals surface area contributed by atoms with E-state index in [0.717, 1.165) is 74.0 Å². The zero-order valence-corrected chi connectivity index (χ0v) is 20.6. The van der Waals surface area contributed by atoms with Crippen LogP contribution >= 0.6 is 0 Å². The van der Waals surface area contributed by atoms with Gasteiger partial charge < -0.3 is 15.0 Å². The average Bonchev–Trinajstić information content (AvgIpc) is 3.17. The van der Waals surface area contributed by atoms with Crippen LogP contribution in [0.1, 0.15) is 37.8 Å². The second-order valence-corrected chi connectivity index (χ2v) is 9.42. The lowest BCUT2D eigenvalue weighted by molar-refractivity contribution is 0.229. The lowest BCUT2D eigenvalue weighted by atomic mass is 10.1. The molecule has 0 unspecified atom stereocenters. The summed E-state index contributed by atoms with van der Waals surface area (Å²) in [6, 6.07) is 2.12. The minimum atomic E-state index is 0.635. The molecule has 0 atom stereocenters. The number of allylic oxidation sites excluding steroid dienone is 8. The highest BCUT2D eigenvalue weighted by molar-refractivity contribution is 5.76. The highest BCUT2D eigenvalue weighted by Crippen LogP contribution is 2.27. The van der Waals surface area contributed by atoms with E-state index in [0.29, 0.717) is 12.6 Å². The maximum atomic E-state index is 6.13. The molecular weight excluding hydrogens is 434 g/mol. The average molecular weight is 470 g/mol. The fourth-order valence-electron chi connectivity index (χ4n) is 4.67. The molecule has 1 aromatic rings. The van der Waals surface area contributed by atoms with Crippen molar-refractivity contribution in [2.75, 3.05) is 50.1 Å². The van der Waals surface area contributed by atoms with Gasteiger partial charge in [-0.2, -0.15) is 4.98 Å². The van der Waals surface area contributed by atoms with Crippen LogP contribution in [0, 0.1) is 0 Å². The van der Waals surface area contributed by atoms with E-state index in [9.17, 15) is 0 Å². The minimum Gasteiger partial charge on any atom is -0.494 e. The number of nitrogens with one attached hydrogen (secondary N) is 1. The van der Waals surface area contributed by atoms with Gasteiger partial charge >= 0.3 is 0 Å². The van der Waals surface area contributed by atoms with Crippen LogP contribution in [0.4, 0.5) is 11.8 Å². The maximum Gasteiger partial charge on any atom is 0.229 e. The Labute approximate surface area is 208 Å². The Hall–Kier alpha value is -3.38. The molecule has 2 aliphatic carbocycles. The number of aromatic nitrogens is 2. The molecule has 1 saturated heterocycles. The van der Waals surface area contributed by atoms with Crippen molar-refractivity contribution in [3.63, 3.8) is 0 Å². The van der Waals surface area contributed by atoms with Crippen LogP contribution in [0.3, 0.4) is 0 Å². The van der Waals surface area contributed by atoms with Crippen LogP contribution in [-0.4, -0.2) is 54.7 Å². The topological polar surface area (TPSA) is 53.5 Å². The molecule has 0 spiro atoms. The van der Waals surface area contributed by atoms with Crippen molar-refractivity contribution in [1.82, 2.24) is 14.9 Å². The van der Waals surface area contributed by atoms with E-state index >= 15 is 0 Å². The van der Waals surface area contributed by atoms with Gasteiger partial charge in [0.25, 0.3) is 0 Å². The molecule has 5 rings (SSSR count). The van der Waals surface area contributed by atoms with E-state index in [1.165, 1.54) is 18.4 Å². The Morgan fingerprint density at radius 1 is 0.943 bits per heavy atom. The van der Waals surface area contributed by atoms with Crippen LogP contribution in [0.5, 0.6) is 0 Å². The second kappa shape index (κ2) is 11.4. The summed E-state index contributed by atoms with van der Waals surface area (Å²) in [5.41, 5.74) is 4.26. The van der Waals surface area contributed by atoms with E-state index < -0.39 is 0 Å². The molecule has 1 aromatic heterocycles. The quantitative estimate of drug-likeness (QED) is 0.556. The molecule has 0 amide bonds. The van der Waals surface area contributed by atoms with Gasteiger partial charge in [0.1, 0.15) is 11.6 Å². The normalized spacial score (nSPS) is 22.3. The molecule has 2 aliphatic heterocycles. The van der Waals surface area contributed by atoms with Gasteiger partial charge in [-0.25, -0.2) is 4.98 Å². The number of likely N-dealkylation sites (N-methyl/N-ethyl adjacent to an activating group) is 1. The fourth-order valence-corrected chi connectivity index (χ4v) is 4.67. The Bertz CT molecular complexity index is 1130. The molecule has 6 bridgehead atoms. The predicted octanol–water partition coefficient (Wildman–Crippen LogP) is 5.39. The van der Waals surface area contributed by atoms with Crippen molar-refractivity contribution in [3.8, 4) is 0 Å². The molecule has 4 aliphatic rings. The van der Waals surface area contributed by atoms with Crippen molar-refractivity contribution < 1.29 is 4.74 Å². The molecule has 1 N–H and O–H groups in total. The third kappa shape index (κ3) is 6.40. The first kappa shape index (κ1) is 23.4. The van der Waals surface area contributed by atoms with E-state index in [1.807, 2.05) is 0 Å². The van der Waals surface area contributed by atoms with Crippen molar-refractivity contribution >= 4 is 17.3 Å². The lowest BCUT2D eigenvalue weighted by Gasteiger charge is -2.19. The van der Waals surface area contributed by atoms with E-state index in [-0.39, 0.29) is 0 Å². The summed E-state index contributed by atoms with van der Waals surface area (Å²) in [5.74, 6) is 2.52. The molecular formula is C29H35N5O. The van der Waals surface area contributed by atoms with Crippen LogP contribution in [0.25, 0.3) is 5.57 Å². The molecule has 1 fully saturated rings. The number of nitrogens with zero attached hydrogens (tertiary/aromatic N) is 4. The number of ether oxygens (including phenoxy) is 1. The molecule has 0 aromatic carbocycles. The summed E-state index contributed by atoms with van der Waals surface area (Å²) in [4.78, 5) is 14.6. The number of fused-ring (bicyclic) bond motifs is 5. The first-order valence-corrected chi connectivity index (χ1v) is 12.8. The third-order valence-corrected chi connectivity index (χ3v) is 6.48. The second-order valence-electron chi connectivity index (χ2n) is 9.42. The van der Waals surface area contributed by atoms with Gasteiger partial charge in [-0.1, -0.05) is 42.5 Å². The van der Waals surface area contributed by atoms with Crippen LogP contribution in [-0.2, 0) is 4.74 Å². The summed E-state index contributed by atoms with van der Waals surface area (Å²) < 4.78 is 6.13. The SMILES string of the molecule is CN1C/C=C/CCOC2=CCC=CC(=C2)c2cc(N3CCCC3)nc(n2)NC2=CCC=CC(=C2)C1. The molecule has 182 valence electrons. The van der Waals surface area contributed by atoms with Gasteiger partial charge in [-0.05, 0) is 63.0 Å². The van der Waals surface area contributed by atoms with E-state index in [1.54, 1.807) is 0 Å². The van der Waals surface area contributed by atoms with Gasteiger partial charge in [-0.3, -0.25) is 4.90 Å². The van der Waals surface area contributed by atoms with Gasteiger partial charge in [0.2, 0.25) is 5.95 Å². The van der Waals surface area contributed by atoms with Gasteiger partial charge in [0.05, 0.1) is 12.3 Å². The molecule has 35 heavy (non-hydrogen) atoms. The molecule has 0 radical (unpaired) electrons. The zero-order chi connectivity index (χ0) is 23.9. The zero-order valence-electron chi connectivity index (χ0n) is 20.6. The van der Waals surface area contributed by atoms with Gasteiger partial charge in [0, 0.05) is 43.5 Å². The fraction of sp³-hybridized carbons (Fsp3) is 0.379. The van der Waals surface area contributed by atoms with E-state index in [4.69, 9.17) is 14.7 Å². The monoisotopic (exact) mass is 469 g/mol. The predicted molar refractivity (Wildman–Crippen MR) is 144 cm³/mol. The minimum absolute atomic E-state index is 0.635. The summed E-state index contributed by atoms with van der Waals surface area (Å²) in [7, 11) is 2.15.